The van der Waals surface area contributed by atoms with Gasteiger partial charge in [0, 0.05) is 0 Å². The number of benzene rings is 1. The van der Waals surface area contributed by atoms with Crippen LogP contribution in [0.3, 0.4) is 0 Å². The fourth-order valence-electron chi connectivity index (χ4n) is 2.33. The maximum absolute atomic E-state index is 13.8. The van der Waals surface area contributed by atoms with Gasteiger partial charge in [-0.15, -0.1) is 0 Å². The first-order valence-corrected chi connectivity index (χ1v) is 6.16. The van der Waals surface area contributed by atoms with Crippen LogP contribution in [0.2, 0.25) is 0 Å². The summed E-state index contributed by atoms with van der Waals surface area (Å²) in [6, 6.07) is 8.47. The van der Waals surface area contributed by atoms with Crippen molar-refractivity contribution in [3.05, 3.63) is 35.4 Å². The summed E-state index contributed by atoms with van der Waals surface area (Å²) < 4.78 is 13.8. The van der Waals surface area contributed by atoms with E-state index in [-0.39, 0.29) is 5.92 Å². The number of halogens is 1. The van der Waals surface area contributed by atoms with Crippen molar-refractivity contribution in [2.24, 2.45) is 5.92 Å². The summed E-state index contributed by atoms with van der Waals surface area (Å²) in [6.07, 6.45) is 1.85. The van der Waals surface area contributed by atoms with Crippen molar-refractivity contribution in [1.29, 1.82) is 0 Å². The minimum absolute atomic E-state index is 0.192. The summed E-state index contributed by atoms with van der Waals surface area (Å²) in [5.74, 6) is 0.192. The van der Waals surface area contributed by atoms with Crippen LogP contribution in [-0.2, 0) is 6.42 Å². The third-order valence-corrected chi connectivity index (χ3v) is 3.42. The van der Waals surface area contributed by atoms with Gasteiger partial charge in [-0.2, -0.15) is 0 Å². The predicted molar refractivity (Wildman–Crippen MR) is 65.4 cm³/mol. The first kappa shape index (κ1) is 11.6. The normalized spacial score (nSPS) is 26.4. The van der Waals surface area contributed by atoms with Crippen molar-refractivity contribution in [2.75, 3.05) is 13.1 Å². The SMILES string of the molecule is Cc1ccc(CC2CCNCCC2F)cc1. The molecule has 1 N–H and O–H groups in total. The van der Waals surface area contributed by atoms with Crippen LogP contribution in [0.25, 0.3) is 0 Å². The zero-order valence-electron chi connectivity index (χ0n) is 9.88. The number of rotatable bonds is 2. The highest BCUT2D eigenvalue weighted by Crippen LogP contribution is 2.22. The molecule has 16 heavy (non-hydrogen) atoms. The molecule has 0 radical (unpaired) electrons. The Labute approximate surface area is 97.1 Å². The second-order valence-electron chi connectivity index (χ2n) is 4.79. The summed E-state index contributed by atoms with van der Waals surface area (Å²) in [5.41, 5.74) is 2.53. The molecule has 1 fully saturated rings. The summed E-state index contributed by atoms with van der Waals surface area (Å²) in [4.78, 5) is 0. The molecule has 1 aliphatic heterocycles. The van der Waals surface area contributed by atoms with E-state index in [2.05, 4.69) is 36.5 Å². The Balaban J connectivity index is 1.99. The highest BCUT2D eigenvalue weighted by atomic mass is 19.1. The minimum Gasteiger partial charge on any atom is -0.317 e. The number of aryl methyl sites for hydroxylation is 1. The van der Waals surface area contributed by atoms with E-state index >= 15 is 0 Å². The smallest absolute Gasteiger partial charge is 0.104 e. The van der Waals surface area contributed by atoms with Crippen LogP contribution in [-0.4, -0.2) is 19.3 Å². The largest absolute Gasteiger partial charge is 0.317 e. The fraction of sp³-hybridized carbons (Fsp3) is 0.571. The topological polar surface area (TPSA) is 12.0 Å². The average Bonchev–Trinajstić information content (AvgIpc) is 2.48. The number of alkyl halides is 1. The Bertz CT molecular complexity index is 320. The van der Waals surface area contributed by atoms with E-state index in [1.807, 2.05) is 0 Å². The summed E-state index contributed by atoms with van der Waals surface area (Å²) in [6.45, 7) is 3.86. The van der Waals surface area contributed by atoms with Gasteiger partial charge in [0.25, 0.3) is 0 Å². The van der Waals surface area contributed by atoms with Gasteiger partial charge in [0.05, 0.1) is 0 Å². The van der Waals surface area contributed by atoms with E-state index in [9.17, 15) is 4.39 Å². The van der Waals surface area contributed by atoms with Crippen molar-refractivity contribution in [3.63, 3.8) is 0 Å². The molecule has 88 valence electrons. The van der Waals surface area contributed by atoms with Crippen LogP contribution >= 0.6 is 0 Å². The monoisotopic (exact) mass is 221 g/mol. The van der Waals surface area contributed by atoms with Crippen molar-refractivity contribution in [2.45, 2.75) is 32.4 Å². The van der Waals surface area contributed by atoms with Gasteiger partial charge in [-0.3, -0.25) is 0 Å². The molecule has 2 heteroatoms. The summed E-state index contributed by atoms with van der Waals surface area (Å²) >= 11 is 0. The average molecular weight is 221 g/mol. The molecule has 0 aromatic heterocycles. The Morgan fingerprint density at radius 2 is 1.88 bits per heavy atom. The Kier molecular flexibility index (Phi) is 3.94. The van der Waals surface area contributed by atoms with Crippen LogP contribution in [0.15, 0.2) is 24.3 Å². The lowest BCUT2D eigenvalue weighted by molar-refractivity contribution is 0.219. The van der Waals surface area contributed by atoms with Gasteiger partial charge in [-0.1, -0.05) is 29.8 Å². The number of nitrogens with one attached hydrogen (secondary N) is 1. The van der Waals surface area contributed by atoms with Gasteiger partial charge in [0.2, 0.25) is 0 Å². The zero-order chi connectivity index (χ0) is 11.4. The highest BCUT2D eigenvalue weighted by Gasteiger charge is 2.22. The van der Waals surface area contributed by atoms with E-state index in [4.69, 9.17) is 0 Å². The van der Waals surface area contributed by atoms with E-state index in [0.29, 0.717) is 6.42 Å². The van der Waals surface area contributed by atoms with Crippen molar-refractivity contribution < 1.29 is 4.39 Å². The molecule has 2 rings (SSSR count). The van der Waals surface area contributed by atoms with Gasteiger partial charge in [-0.05, 0) is 50.8 Å². The lowest BCUT2D eigenvalue weighted by Crippen LogP contribution is -2.18. The molecule has 0 saturated carbocycles. The molecule has 1 aromatic rings. The van der Waals surface area contributed by atoms with E-state index in [1.165, 1.54) is 11.1 Å². The van der Waals surface area contributed by atoms with Crippen molar-refractivity contribution >= 4 is 0 Å². The first-order valence-electron chi connectivity index (χ1n) is 6.16. The van der Waals surface area contributed by atoms with Gasteiger partial charge in [-0.25, -0.2) is 4.39 Å². The molecule has 1 saturated heterocycles. The van der Waals surface area contributed by atoms with Gasteiger partial charge < -0.3 is 5.32 Å². The quantitative estimate of drug-likeness (QED) is 0.809. The molecule has 0 amide bonds. The number of hydrogen-bond acceptors (Lipinski definition) is 1. The van der Waals surface area contributed by atoms with E-state index < -0.39 is 6.17 Å². The molecule has 0 bridgehead atoms. The highest BCUT2D eigenvalue weighted by molar-refractivity contribution is 5.21. The number of hydrogen-bond donors (Lipinski definition) is 1. The molecule has 1 aromatic carbocycles. The van der Waals surface area contributed by atoms with Gasteiger partial charge >= 0.3 is 0 Å². The van der Waals surface area contributed by atoms with Crippen LogP contribution in [0.4, 0.5) is 4.39 Å². The van der Waals surface area contributed by atoms with Crippen LogP contribution in [0.5, 0.6) is 0 Å². The third kappa shape index (κ3) is 3.05. The Morgan fingerprint density at radius 1 is 1.19 bits per heavy atom. The third-order valence-electron chi connectivity index (χ3n) is 3.42. The Hall–Kier alpha value is -0.890. The summed E-state index contributed by atoms with van der Waals surface area (Å²) in [7, 11) is 0. The van der Waals surface area contributed by atoms with Gasteiger partial charge in [0.15, 0.2) is 0 Å². The van der Waals surface area contributed by atoms with Gasteiger partial charge in [0.1, 0.15) is 6.17 Å². The first-order chi connectivity index (χ1) is 7.75. The Morgan fingerprint density at radius 3 is 2.62 bits per heavy atom. The lowest BCUT2D eigenvalue weighted by atomic mass is 9.91. The molecule has 2 unspecified atom stereocenters. The lowest BCUT2D eigenvalue weighted by Gasteiger charge is -2.17. The van der Waals surface area contributed by atoms with Crippen LogP contribution < -0.4 is 5.32 Å². The van der Waals surface area contributed by atoms with Crippen molar-refractivity contribution in [1.82, 2.24) is 5.32 Å². The molecular weight excluding hydrogens is 201 g/mol. The van der Waals surface area contributed by atoms with Crippen molar-refractivity contribution in [3.8, 4) is 0 Å². The second kappa shape index (κ2) is 5.44. The molecule has 1 aliphatic rings. The molecular formula is C14H20FN. The molecule has 0 aliphatic carbocycles. The molecule has 2 atom stereocenters. The zero-order valence-corrected chi connectivity index (χ0v) is 9.88. The van der Waals surface area contributed by atoms with Crippen LogP contribution in [0, 0.1) is 12.8 Å². The maximum atomic E-state index is 13.8. The molecule has 0 spiro atoms. The predicted octanol–water partition coefficient (Wildman–Crippen LogP) is 2.88. The summed E-state index contributed by atoms with van der Waals surface area (Å²) in [5, 5.41) is 3.26. The van der Waals surface area contributed by atoms with E-state index in [1.54, 1.807) is 0 Å². The second-order valence-corrected chi connectivity index (χ2v) is 4.79. The van der Waals surface area contributed by atoms with Crippen LogP contribution in [0.1, 0.15) is 24.0 Å². The standard InChI is InChI=1S/C14H20FN/c1-11-2-4-12(5-3-11)10-13-6-8-16-9-7-14(13)15/h2-5,13-14,16H,6-10H2,1H3. The maximum Gasteiger partial charge on any atom is 0.104 e. The fourth-order valence-corrected chi connectivity index (χ4v) is 2.33. The molecule has 1 heterocycles. The van der Waals surface area contributed by atoms with E-state index in [0.717, 1.165) is 25.9 Å². The molecule has 1 nitrogen and oxygen atoms in total. The minimum atomic E-state index is -0.642.